The molecular weight excluding hydrogens is 259 g/mol. The van der Waals surface area contributed by atoms with Crippen LogP contribution in [0.1, 0.15) is 21.5 Å². The number of aromatic hydroxyl groups is 1. The molecule has 0 fully saturated rings. The molecule has 2 aromatic rings. The Labute approximate surface area is 116 Å². The lowest BCUT2D eigenvalue weighted by Gasteiger charge is -2.08. The quantitative estimate of drug-likeness (QED) is 0.779. The number of benzene rings is 2. The first-order valence-electron chi connectivity index (χ1n) is 6.13. The van der Waals surface area contributed by atoms with Crippen LogP contribution in [0.4, 0.5) is 4.39 Å². The van der Waals surface area contributed by atoms with E-state index in [2.05, 4.69) is 5.32 Å². The molecule has 0 unspecified atom stereocenters. The minimum atomic E-state index is -0.639. The van der Waals surface area contributed by atoms with Gasteiger partial charge in [-0.25, -0.2) is 4.39 Å². The smallest absolute Gasteiger partial charge is 0.248 e. The van der Waals surface area contributed by atoms with Crippen molar-refractivity contribution in [3.63, 3.8) is 0 Å². The van der Waals surface area contributed by atoms with Gasteiger partial charge in [0.15, 0.2) is 11.6 Å². The molecule has 0 radical (unpaired) electrons. The molecule has 2 aromatic carbocycles. The molecule has 2 rings (SSSR count). The second-order valence-corrected chi connectivity index (χ2v) is 4.42. The summed E-state index contributed by atoms with van der Waals surface area (Å²) in [6, 6.07) is 11.3. The van der Waals surface area contributed by atoms with E-state index in [1.165, 1.54) is 6.07 Å². The summed E-state index contributed by atoms with van der Waals surface area (Å²) in [6.07, 6.45) is 0. The molecule has 0 saturated carbocycles. The van der Waals surface area contributed by atoms with Crippen LogP contribution in [0.25, 0.3) is 0 Å². The van der Waals surface area contributed by atoms with E-state index in [4.69, 9.17) is 5.73 Å². The monoisotopic (exact) mass is 274 g/mol. The van der Waals surface area contributed by atoms with Crippen LogP contribution in [-0.2, 0) is 13.1 Å². The topological polar surface area (TPSA) is 75.4 Å². The first-order chi connectivity index (χ1) is 9.58. The number of nitrogens with two attached hydrogens (primary N) is 1. The molecule has 0 aliphatic rings. The molecule has 0 aromatic heterocycles. The van der Waals surface area contributed by atoms with Gasteiger partial charge in [-0.2, -0.15) is 0 Å². The molecule has 4 N–H and O–H groups in total. The Balaban J connectivity index is 1.98. The highest BCUT2D eigenvalue weighted by molar-refractivity contribution is 5.92. The highest BCUT2D eigenvalue weighted by Crippen LogP contribution is 2.20. The van der Waals surface area contributed by atoms with E-state index in [0.717, 1.165) is 5.56 Å². The zero-order chi connectivity index (χ0) is 14.5. The van der Waals surface area contributed by atoms with Crippen molar-refractivity contribution in [3.05, 3.63) is 65.0 Å². The van der Waals surface area contributed by atoms with Gasteiger partial charge in [0, 0.05) is 24.2 Å². The number of halogens is 1. The van der Waals surface area contributed by atoms with Gasteiger partial charge in [0.1, 0.15) is 0 Å². The van der Waals surface area contributed by atoms with Gasteiger partial charge in [0.25, 0.3) is 0 Å². The predicted octanol–water partition coefficient (Wildman–Crippen LogP) is 1.92. The fraction of sp³-hybridized carbons (Fsp3) is 0.133. The van der Waals surface area contributed by atoms with E-state index in [9.17, 15) is 14.3 Å². The first kappa shape index (κ1) is 14.0. The number of primary amides is 1. The van der Waals surface area contributed by atoms with Crippen molar-refractivity contribution in [2.24, 2.45) is 5.73 Å². The van der Waals surface area contributed by atoms with Gasteiger partial charge in [0.2, 0.25) is 5.91 Å². The summed E-state index contributed by atoms with van der Waals surface area (Å²) in [5, 5.41) is 12.6. The number of hydrogen-bond donors (Lipinski definition) is 3. The Bertz CT molecular complexity index is 629. The normalized spacial score (nSPS) is 10.4. The SMILES string of the molecule is NC(=O)c1cccc(CNCc2cccc(F)c2O)c1. The van der Waals surface area contributed by atoms with Crippen LogP contribution in [0.15, 0.2) is 42.5 Å². The third-order valence-electron chi connectivity index (χ3n) is 2.93. The van der Waals surface area contributed by atoms with Crippen molar-refractivity contribution in [1.29, 1.82) is 0 Å². The van der Waals surface area contributed by atoms with Crippen LogP contribution in [0, 0.1) is 5.82 Å². The van der Waals surface area contributed by atoms with Crippen LogP contribution in [0.2, 0.25) is 0 Å². The minimum absolute atomic E-state index is 0.324. The molecule has 20 heavy (non-hydrogen) atoms. The van der Waals surface area contributed by atoms with Crippen molar-refractivity contribution in [3.8, 4) is 5.75 Å². The average molecular weight is 274 g/mol. The summed E-state index contributed by atoms with van der Waals surface area (Å²) in [5.41, 5.74) is 7.02. The fourth-order valence-corrected chi connectivity index (χ4v) is 1.88. The second kappa shape index (κ2) is 6.16. The Kier molecular flexibility index (Phi) is 4.32. The van der Waals surface area contributed by atoms with Gasteiger partial charge in [-0.05, 0) is 23.8 Å². The van der Waals surface area contributed by atoms with Crippen molar-refractivity contribution in [2.75, 3.05) is 0 Å². The van der Waals surface area contributed by atoms with Crippen LogP contribution in [0.3, 0.4) is 0 Å². The van der Waals surface area contributed by atoms with E-state index >= 15 is 0 Å². The van der Waals surface area contributed by atoms with Crippen molar-refractivity contribution in [1.82, 2.24) is 5.32 Å². The highest BCUT2D eigenvalue weighted by atomic mass is 19.1. The number of rotatable bonds is 5. The average Bonchev–Trinajstić information content (AvgIpc) is 2.44. The van der Waals surface area contributed by atoms with Crippen LogP contribution in [0.5, 0.6) is 5.75 Å². The summed E-state index contributed by atoms with van der Waals surface area (Å²) in [6.45, 7) is 0.807. The van der Waals surface area contributed by atoms with E-state index < -0.39 is 11.7 Å². The number of carbonyl (C=O) groups is 1. The van der Waals surface area contributed by atoms with E-state index in [1.807, 2.05) is 6.07 Å². The molecule has 4 nitrogen and oxygen atoms in total. The van der Waals surface area contributed by atoms with E-state index in [1.54, 1.807) is 30.3 Å². The zero-order valence-corrected chi connectivity index (χ0v) is 10.8. The third kappa shape index (κ3) is 3.33. The Hall–Kier alpha value is -2.40. The van der Waals surface area contributed by atoms with Gasteiger partial charge in [-0.3, -0.25) is 4.79 Å². The number of phenolic OH excluding ortho intramolecular Hbond substituents is 1. The summed E-state index contributed by atoms with van der Waals surface area (Å²) >= 11 is 0. The lowest BCUT2D eigenvalue weighted by Crippen LogP contribution is -2.15. The molecular formula is C15H15FN2O2. The van der Waals surface area contributed by atoms with Gasteiger partial charge in [-0.15, -0.1) is 0 Å². The summed E-state index contributed by atoms with van der Waals surface area (Å²) in [5.74, 6) is -1.46. The second-order valence-electron chi connectivity index (χ2n) is 4.42. The Morgan fingerprint density at radius 1 is 1.20 bits per heavy atom. The van der Waals surface area contributed by atoms with Crippen LogP contribution >= 0.6 is 0 Å². The Morgan fingerprint density at radius 2 is 1.95 bits per heavy atom. The largest absolute Gasteiger partial charge is 0.505 e. The molecule has 0 atom stereocenters. The minimum Gasteiger partial charge on any atom is -0.505 e. The molecule has 5 heteroatoms. The molecule has 0 aliphatic carbocycles. The molecule has 104 valence electrons. The van der Waals surface area contributed by atoms with Crippen molar-refractivity contribution < 1.29 is 14.3 Å². The van der Waals surface area contributed by atoms with Crippen LogP contribution in [-0.4, -0.2) is 11.0 Å². The molecule has 0 saturated heterocycles. The summed E-state index contributed by atoms with van der Waals surface area (Å²) < 4.78 is 13.1. The molecule has 0 bridgehead atoms. The summed E-state index contributed by atoms with van der Waals surface area (Å²) in [7, 11) is 0. The first-order valence-corrected chi connectivity index (χ1v) is 6.13. The zero-order valence-electron chi connectivity index (χ0n) is 10.8. The van der Waals surface area contributed by atoms with E-state index in [-0.39, 0.29) is 5.75 Å². The van der Waals surface area contributed by atoms with Crippen molar-refractivity contribution in [2.45, 2.75) is 13.1 Å². The number of phenols is 1. The predicted molar refractivity (Wildman–Crippen MR) is 73.6 cm³/mol. The molecule has 0 aliphatic heterocycles. The van der Waals surface area contributed by atoms with Gasteiger partial charge in [-0.1, -0.05) is 24.3 Å². The van der Waals surface area contributed by atoms with Gasteiger partial charge < -0.3 is 16.2 Å². The number of amides is 1. The Morgan fingerprint density at radius 3 is 2.70 bits per heavy atom. The van der Waals surface area contributed by atoms with Crippen molar-refractivity contribution >= 4 is 5.91 Å². The number of carbonyl (C=O) groups excluding carboxylic acids is 1. The number of nitrogens with one attached hydrogen (secondary N) is 1. The maximum absolute atomic E-state index is 13.1. The number of hydrogen-bond acceptors (Lipinski definition) is 3. The third-order valence-corrected chi connectivity index (χ3v) is 2.93. The molecule has 0 heterocycles. The van der Waals surface area contributed by atoms with Gasteiger partial charge >= 0.3 is 0 Å². The molecule has 0 spiro atoms. The standard InChI is InChI=1S/C15H15FN2O2/c16-13-6-2-5-12(14(13)19)9-18-8-10-3-1-4-11(7-10)15(17)20/h1-7,18-19H,8-9H2,(H2,17,20). The maximum atomic E-state index is 13.1. The van der Waals surface area contributed by atoms with E-state index in [0.29, 0.717) is 24.2 Å². The lowest BCUT2D eigenvalue weighted by atomic mass is 10.1. The van der Waals surface area contributed by atoms with Crippen LogP contribution < -0.4 is 11.1 Å². The number of para-hydroxylation sites is 1. The highest BCUT2D eigenvalue weighted by Gasteiger charge is 2.06. The fourth-order valence-electron chi connectivity index (χ4n) is 1.88. The van der Waals surface area contributed by atoms with Gasteiger partial charge in [0.05, 0.1) is 0 Å². The molecule has 1 amide bonds. The summed E-state index contributed by atoms with van der Waals surface area (Å²) in [4.78, 5) is 11.1. The lowest BCUT2D eigenvalue weighted by molar-refractivity contribution is 0.1000. The maximum Gasteiger partial charge on any atom is 0.248 e.